The summed E-state index contributed by atoms with van der Waals surface area (Å²) in [6.45, 7) is 4.38. The Morgan fingerprint density at radius 3 is 2.90 bits per heavy atom. The van der Waals surface area contributed by atoms with Crippen LogP contribution in [0, 0.1) is 6.92 Å². The first-order chi connectivity index (χ1) is 9.61. The molecule has 0 bridgehead atoms. The molecule has 0 aliphatic rings. The number of rotatable bonds is 4. The molecule has 2 aromatic rings. The number of anilines is 2. The summed E-state index contributed by atoms with van der Waals surface area (Å²) in [5.74, 6) is 0.281. The highest BCUT2D eigenvalue weighted by atomic mass is 16.5. The lowest BCUT2D eigenvalue weighted by Gasteiger charge is -2.12. The summed E-state index contributed by atoms with van der Waals surface area (Å²) in [5.41, 5.74) is 7.95. The van der Waals surface area contributed by atoms with Crippen molar-refractivity contribution in [1.29, 1.82) is 0 Å². The minimum atomic E-state index is -0.354. The molecule has 0 aliphatic carbocycles. The largest absolute Gasteiger partial charge is 0.492 e. The van der Waals surface area contributed by atoms with E-state index in [1.54, 1.807) is 18.2 Å². The van der Waals surface area contributed by atoms with E-state index in [-0.39, 0.29) is 11.6 Å². The van der Waals surface area contributed by atoms with Crippen LogP contribution in [0.25, 0.3) is 0 Å². The summed E-state index contributed by atoms with van der Waals surface area (Å²) < 4.78 is 5.52. The molecule has 1 heterocycles. The third-order valence-electron chi connectivity index (χ3n) is 2.74. The lowest BCUT2D eigenvalue weighted by molar-refractivity contribution is 0.102. The number of nitrogens with one attached hydrogen (secondary N) is 1. The molecule has 0 aliphatic heterocycles. The van der Waals surface area contributed by atoms with Crippen LogP contribution in [0.15, 0.2) is 36.5 Å². The maximum atomic E-state index is 12.2. The van der Waals surface area contributed by atoms with Gasteiger partial charge in [0.2, 0.25) is 0 Å². The second-order valence-corrected chi connectivity index (χ2v) is 4.33. The van der Waals surface area contributed by atoms with Gasteiger partial charge in [0, 0.05) is 6.20 Å². The van der Waals surface area contributed by atoms with Gasteiger partial charge in [-0.2, -0.15) is 0 Å². The molecule has 20 heavy (non-hydrogen) atoms. The number of carbonyl (C=O) groups excluding carboxylic acids is 1. The van der Waals surface area contributed by atoms with Crippen LogP contribution >= 0.6 is 0 Å². The van der Waals surface area contributed by atoms with Crippen molar-refractivity contribution < 1.29 is 9.53 Å². The van der Waals surface area contributed by atoms with Gasteiger partial charge >= 0.3 is 0 Å². The van der Waals surface area contributed by atoms with Gasteiger partial charge in [-0.3, -0.25) is 4.79 Å². The van der Waals surface area contributed by atoms with Crippen molar-refractivity contribution in [3.8, 4) is 5.75 Å². The predicted molar refractivity (Wildman–Crippen MR) is 79.0 cm³/mol. The molecule has 0 radical (unpaired) electrons. The highest BCUT2D eigenvalue weighted by Crippen LogP contribution is 2.26. The zero-order valence-electron chi connectivity index (χ0n) is 11.5. The van der Waals surface area contributed by atoms with Gasteiger partial charge < -0.3 is 15.8 Å². The van der Waals surface area contributed by atoms with E-state index in [9.17, 15) is 4.79 Å². The van der Waals surface area contributed by atoms with Crippen LogP contribution in [-0.2, 0) is 0 Å². The van der Waals surface area contributed by atoms with Crippen molar-refractivity contribution in [2.24, 2.45) is 0 Å². The van der Waals surface area contributed by atoms with E-state index in [0.717, 1.165) is 5.56 Å². The van der Waals surface area contributed by atoms with Crippen LogP contribution in [0.5, 0.6) is 5.75 Å². The van der Waals surface area contributed by atoms with Crippen LogP contribution in [0.3, 0.4) is 0 Å². The van der Waals surface area contributed by atoms with Crippen molar-refractivity contribution in [2.75, 3.05) is 17.7 Å². The number of ether oxygens (including phenoxy) is 1. The van der Waals surface area contributed by atoms with Gasteiger partial charge in [-0.1, -0.05) is 6.07 Å². The average molecular weight is 271 g/mol. The van der Waals surface area contributed by atoms with E-state index >= 15 is 0 Å². The first kappa shape index (κ1) is 13.9. The molecule has 5 nitrogen and oxygen atoms in total. The molecule has 5 heteroatoms. The molecule has 2 rings (SSSR count). The Morgan fingerprint density at radius 1 is 1.40 bits per heavy atom. The monoisotopic (exact) mass is 271 g/mol. The van der Waals surface area contributed by atoms with E-state index in [2.05, 4.69) is 10.3 Å². The number of nitrogens with two attached hydrogens (primary N) is 1. The number of hydrogen-bond donors (Lipinski definition) is 2. The quantitative estimate of drug-likeness (QED) is 0.896. The molecular weight excluding hydrogens is 254 g/mol. The average Bonchev–Trinajstić information content (AvgIpc) is 2.42. The fourth-order valence-electron chi connectivity index (χ4n) is 1.80. The molecule has 1 aromatic carbocycles. The van der Waals surface area contributed by atoms with Crippen LogP contribution in [0.1, 0.15) is 23.0 Å². The van der Waals surface area contributed by atoms with Crippen molar-refractivity contribution in [3.63, 3.8) is 0 Å². The minimum absolute atomic E-state index is 0.204. The lowest BCUT2D eigenvalue weighted by Crippen LogP contribution is -2.16. The van der Waals surface area contributed by atoms with Crippen molar-refractivity contribution in [1.82, 2.24) is 4.98 Å². The Labute approximate surface area is 117 Å². The standard InChI is InChI=1S/C15H17N3O2/c1-3-20-13-9-10(2)6-7-12(13)18-15(19)14-11(16)5-4-8-17-14/h4-9H,3,16H2,1-2H3,(H,18,19). The fraction of sp³-hybridized carbons (Fsp3) is 0.200. The second kappa shape index (κ2) is 6.06. The van der Waals surface area contributed by atoms with E-state index in [1.165, 1.54) is 6.20 Å². The molecule has 0 atom stereocenters. The van der Waals surface area contributed by atoms with E-state index in [1.807, 2.05) is 26.0 Å². The number of hydrogen-bond acceptors (Lipinski definition) is 4. The van der Waals surface area contributed by atoms with Crippen molar-refractivity contribution in [3.05, 3.63) is 47.8 Å². The normalized spacial score (nSPS) is 10.1. The number of aromatic nitrogens is 1. The number of pyridine rings is 1. The van der Waals surface area contributed by atoms with Crippen molar-refractivity contribution in [2.45, 2.75) is 13.8 Å². The number of aryl methyl sites for hydroxylation is 1. The van der Waals surface area contributed by atoms with Crippen molar-refractivity contribution >= 4 is 17.3 Å². The zero-order chi connectivity index (χ0) is 14.5. The Morgan fingerprint density at radius 2 is 2.20 bits per heavy atom. The predicted octanol–water partition coefficient (Wildman–Crippen LogP) is 2.62. The summed E-state index contributed by atoms with van der Waals surface area (Å²) in [6.07, 6.45) is 1.53. The topological polar surface area (TPSA) is 77.2 Å². The van der Waals surface area contributed by atoms with Crippen LogP contribution in [0.4, 0.5) is 11.4 Å². The highest BCUT2D eigenvalue weighted by molar-refractivity contribution is 6.06. The molecule has 3 N–H and O–H groups in total. The summed E-state index contributed by atoms with van der Waals surface area (Å²) >= 11 is 0. The summed E-state index contributed by atoms with van der Waals surface area (Å²) in [6, 6.07) is 8.91. The molecule has 0 saturated carbocycles. The molecule has 1 aromatic heterocycles. The van der Waals surface area contributed by atoms with E-state index in [0.29, 0.717) is 23.7 Å². The van der Waals surface area contributed by atoms with Crippen LogP contribution in [0.2, 0.25) is 0 Å². The molecule has 0 saturated heterocycles. The third kappa shape index (κ3) is 3.06. The third-order valence-corrected chi connectivity index (χ3v) is 2.74. The van der Waals surface area contributed by atoms with E-state index < -0.39 is 0 Å². The number of amides is 1. The lowest BCUT2D eigenvalue weighted by atomic mass is 10.2. The molecule has 104 valence electrons. The SMILES string of the molecule is CCOc1cc(C)ccc1NC(=O)c1ncccc1N. The zero-order valence-corrected chi connectivity index (χ0v) is 11.5. The second-order valence-electron chi connectivity index (χ2n) is 4.33. The number of nitrogen functional groups attached to an aromatic ring is 1. The maximum absolute atomic E-state index is 12.2. The molecule has 0 fully saturated rings. The van der Waals surface area contributed by atoms with Gasteiger partial charge in [0.25, 0.3) is 5.91 Å². The summed E-state index contributed by atoms with van der Waals surface area (Å²) in [5, 5.41) is 2.77. The first-order valence-corrected chi connectivity index (χ1v) is 6.37. The van der Waals surface area contributed by atoms with Gasteiger partial charge in [-0.25, -0.2) is 4.98 Å². The van der Waals surface area contributed by atoms with Gasteiger partial charge in [-0.15, -0.1) is 0 Å². The Bertz CT molecular complexity index is 626. The minimum Gasteiger partial charge on any atom is -0.492 e. The number of benzene rings is 1. The Kier molecular flexibility index (Phi) is 4.20. The van der Waals surface area contributed by atoms with Gasteiger partial charge in [-0.05, 0) is 43.7 Å². The summed E-state index contributed by atoms with van der Waals surface area (Å²) in [7, 11) is 0. The van der Waals surface area contributed by atoms with Gasteiger partial charge in [0.05, 0.1) is 18.0 Å². The van der Waals surface area contributed by atoms with Gasteiger partial charge in [0.15, 0.2) is 5.69 Å². The molecule has 1 amide bonds. The molecular formula is C15H17N3O2. The first-order valence-electron chi connectivity index (χ1n) is 6.37. The van der Waals surface area contributed by atoms with E-state index in [4.69, 9.17) is 10.5 Å². The smallest absolute Gasteiger partial charge is 0.276 e. The number of carbonyl (C=O) groups is 1. The fourth-order valence-corrected chi connectivity index (χ4v) is 1.80. The maximum Gasteiger partial charge on any atom is 0.276 e. The molecule has 0 spiro atoms. The Hall–Kier alpha value is -2.56. The molecule has 0 unspecified atom stereocenters. The van der Waals surface area contributed by atoms with Crippen LogP contribution < -0.4 is 15.8 Å². The number of nitrogens with zero attached hydrogens (tertiary/aromatic N) is 1. The Balaban J connectivity index is 2.26. The highest BCUT2D eigenvalue weighted by Gasteiger charge is 2.13. The van der Waals surface area contributed by atoms with Crippen LogP contribution in [-0.4, -0.2) is 17.5 Å². The van der Waals surface area contributed by atoms with Gasteiger partial charge in [0.1, 0.15) is 5.75 Å². The summed E-state index contributed by atoms with van der Waals surface area (Å²) in [4.78, 5) is 16.2.